The van der Waals surface area contributed by atoms with Gasteiger partial charge in [0.15, 0.2) is 0 Å². The molecule has 0 aliphatic rings. The molecule has 4 nitrogen and oxygen atoms in total. The van der Waals surface area contributed by atoms with Crippen molar-refractivity contribution < 1.29 is 14.7 Å². The zero-order valence-corrected chi connectivity index (χ0v) is 3.59. The van der Waals surface area contributed by atoms with E-state index in [0.717, 1.165) is 6.08 Å². The minimum atomic E-state index is -0.706. The van der Waals surface area contributed by atoms with Gasteiger partial charge in [-0.05, 0) is 0 Å². The van der Waals surface area contributed by atoms with Crippen molar-refractivity contribution in [3.8, 4) is 0 Å². The molecule has 0 aromatic heterocycles. The van der Waals surface area contributed by atoms with E-state index in [1.54, 1.807) is 0 Å². The van der Waals surface area contributed by atoms with Crippen LogP contribution in [0.5, 0.6) is 0 Å². The first-order valence-corrected chi connectivity index (χ1v) is 1.51. The van der Waals surface area contributed by atoms with Crippen molar-refractivity contribution in [2.45, 2.75) is 0 Å². The molecule has 7 heavy (non-hydrogen) atoms. The van der Waals surface area contributed by atoms with E-state index in [4.69, 9.17) is 0 Å². The third kappa shape index (κ3) is 2.95. The molecule has 4 heteroatoms. The molecule has 0 aromatic rings. The highest BCUT2D eigenvalue weighted by atomic mass is 17.3. The number of carbonyl (C=O) groups excluding carboxylic acids is 1. The lowest BCUT2D eigenvalue weighted by atomic mass is 10.7. The molecular formula is C3H5NO3. The van der Waals surface area contributed by atoms with Gasteiger partial charge in [0.2, 0.25) is 0 Å². The van der Waals surface area contributed by atoms with Crippen molar-refractivity contribution in [1.29, 1.82) is 0 Å². The molecule has 0 spiro atoms. The van der Waals surface area contributed by atoms with Gasteiger partial charge in [-0.1, -0.05) is 11.6 Å². The maximum atomic E-state index is 9.87. The lowest BCUT2D eigenvalue weighted by molar-refractivity contribution is -0.271. The van der Waals surface area contributed by atoms with Crippen molar-refractivity contribution in [2.75, 3.05) is 0 Å². The smallest absolute Gasteiger partial charge is 0.275 e. The normalized spacial score (nSPS) is 7.57. The zero-order valence-electron chi connectivity index (χ0n) is 3.59. The van der Waals surface area contributed by atoms with Gasteiger partial charge in [-0.2, -0.15) is 5.90 Å². The summed E-state index contributed by atoms with van der Waals surface area (Å²) in [4.78, 5) is 17.1. The molecule has 40 valence electrons. The van der Waals surface area contributed by atoms with Crippen LogP contribution in [0.4, 0.5) is 0 Å². The first-order valence-electron chi connectivity index (χ1n) is 1.51. The average Bonchev–Trinajstić information content (AvgIpc) is 1.68. The van der Waals surface area contributed by atoms with E-state index in [1.807, 2.05) is 0 Å². The van der Waals surface area contributed by atoms with Crippen LogP contribution in [0.1, 0.15) is 0 Å². The third-order valence-corrected chi connectivity index (χ3v) is 0.297. The van der Waals surface area contributed by atoms with E-state index in [1.165, 1.54) is 0 Å². The Kier molecular flexibility index (Phi) is 2.91. The lowest BCUT2D eigenvalue weighted by Gasteiger charge is -1.87. The summed E-state index contributed by atoms with van der Waals surface area (Å²) in [6.07, 6.45) is 0.937. The van der Waals surface area contributed by atoms with Gasteiger partial charge in [0.05, 0.1) is 0 Å². The van der Waals surface area contributed by atoms with E-state index < -0.39 is 5.97 Å². The number of carbonyl (C=O) groups is 1. The number of hydrogen-bond acceptors (Lipinski definition) is 4. The number of nitrogens with two attached hydrogens (primary N) is 1. The van der Waals surface area contributed by atoms with Crippen molar-refractivity contribution in [3.63, 3.8) is 0 Å². The van der Waals surface area contributed by atoms with Crippen LogP contribution in [0.15, 0.2) is 12.7 Å². The van der Waals surface area contributed by atoms with Crippen LogP contribution in [0.25, 0.3) is 0 Å². The van der Waals surface area contributed by atoms with Gasteiger partial charge in [-0.15, -0.1) is 0 Å². The fourth-order valence-electron chi connectivity index (χ4n) is 0.0814. The minimum absolute atomic E-state index is 0.706. The summed E-state index contributed by atoms with van der Waals surface area (Å²) in [5.74, 6) is 3.61. The Morgan fingerprint density at radius 1 is 1.86 bits per heavy atom. The van der Waals surface area contributed by atoms with Crippen LogP contribution in [0.3, 0.4) is 0 Å². The van der Waals surface area contributed by atoms with Gasteiger partial charge >= 0.3 is 5.97 Å². The Balaban J connectivity index is 3.17. The summed E-state index contributed by atoms with van der Waals surface area (Å²) >= 11 is 0. The van der Waals surface area contributed by atoms with E-state index in [2.05, 4.69) is 22.4 Å². The second kappa shape index (κ2) is 3.32. The van der Waals surface area contributed by atoms with E-state index in [9.17, 15) is 4.79 Å². The van der Waals surface area contributed by atoms with Crippen LogP contribution in [0, 0.1) is 0 Å². The molecule has 0 fully saturated rings. The Morgan fingerprint density at radius 3 is 2.57 bits per heavy atom. The second-order valence-electron chi connectivity index (χ2n) is 0.703. The van der Waals surface area contributed by atoms with E-state index in [0.29, 0.717) is 0 Å². The molecule has 0 rings (SSSR count). The SMILES string of the molecule is C=CC(=O)OON. The predicted molar refractivity (Wildman–Crippen MR) is 21.6 cm³/mol. The van der Waals surface area contributed by atoms with Gasteiger partial charge in [-0.3, -0.25) is 4.89 Å². The minimum Gasteiger partial charge on any atom is -0.275 e. The van der Waals surface area contributed by atoms with Crippen LogP contribution >= 0.6 is 0 Å². The third-order valence-electron chi connectivity index (χ3n) is 0.297. The molecule has 0 amide bonds. The molecule has 0 radical (unpaired) electrons. The summed E-state index contributed by atoms with van der Waals surface area (Å²) in [6, 6.07) is 0. The quantitative estimate of drug-likeness (QED) is 0.291. The lowest BCUT2D eigenvalue weighted by Crippen LogP contribution is -2.05. The van der Waals surface area contributed by atoms with Gasteiger partial charge in [0.1, 0.15) is 0 Å². The summed E-state index contributed by atoms with van der Waals surface area (Å²) in [5, 5.41) is 0. The molecule has 0 atom stereocenters. The average molecular weight is 103 g/mol. The van der Waals surface area contributed by atoms with Crippen molar-refractivity contribution >= 4 is 5.97 Å². The van der Waals surface area contributed by atoms with Crippen LogP contribution in [-0.4, -0.2) is 5.97 Å². The summed E-state index contributed by atoms with van der Waals surface area (Å²) in [6.45, 7) is 3.07. The largest absolute Gasteiger partial charge is 0.367 e. The number of hydrogen-bond donors (Lipinski definition) is 1. The molecule has 0 saturated carbocycles. The highest BCUT2D eigenvalue weighted by Crippen LogP contribution is 1.72. The predicted octanol–water partition coefficient (Wildman–Crippen LogP) is -0.479. The van der Waals surface area contributed by atoms with E-state index in [-0.39, 0.29) is 0 Å². The van der Waals surface area contributed by atoms with Gasteiger partial charge in [0, 0.05) is 6.08 Å². The molecule has 0 aromatic carbocycles. The van der Waals surface area contributed by atoms with Gasteiger partial charge in [-0.25, -0.2) is 4.79 Å². The highest BCUT2D eigenvalue weighted by molar-refractivity contribution is 5.80. The Labute approximate surface area is 40.4 Å². The maximum absolute atomic E-state index is 9.87. The molecule has 0 unspecified atom stereocenters. The first kappa shape index (κ1) is 6.13. The highest BCUT2D eigenvalue weighted by Gasteiger charge is 1.89. The van der Waals surface area contributed by atoms with Gasteiger partial charge < -0.3 is 0 Å². The molecule has 0 aliphatic carbocycles. The molecule has 0 heterocycles. The molecular weight excluding hydrogens is 98.0 g/mol. The van der Waals surface area contributed by atoms with Crippen molar-refractivity contribution in [1.82, 2.24) is 0 Å². The van der Waals surface area contributed by atoms with Crippen LogP contribution in [-0.2, 0) is 14.7 Å². The zero-order chi connectivity index (χ0) is 5.70. The summed E-state index contributed by atoms with van der Waals surface area (Å²) in [5.41, 5.74) is 0. The second-order valence-corrected chi connectivity index (χ2v) is 0.703. The fraction of sp³-hybridized carbons (Fsp3) is 0. The Hall–Kier alpha value is -0.870. The summed E-state index contributed by atoms with van der Waals surface area (Å²) in [7, 11) is 0. The molecule has 0 bridgehead atoms. The fourth-order valence-corrected chi connectivity index (χ4v) is 0.0814. The van der Waals surface area contributed by atoms with Crippen LogP contribution < -0.4 is 5.90 Å². The monoisotopic (exact) mass is 103 g/mol. The molecule has 0 aliphatic heterocycles. The Morgan fingerprint density at radius 2 is 2.43 bits per heavy atom. The van der Waals surface area contributed by atoms with Crippen molar-refractivity contribution in [2.24, 2.45) is 5.90 Å². The maximum Gasteiger partial charge on any atom is 0.367 e. The molecule has 0 saturated heterocycles. The van der Waals surface area contributed by atoms with Crippen molar-refractivity contribution in [3.05, 3.63) is 12.7 Å². The van der Waals surface area contributed by atoms with E-state index >= 15 is 0 Å². The topological polar surface area (TPSA) is 61.5 Å². The first-order chi connectivity index (χ1) is 3.31. The molecule has 2 N–H and O–H groups in total. The Bertz CT molecular complexity index is 80.2. The standard InChI is InChI=1S/C3H5NO3/c1-2-3(5)6-7-4/h2H,1,4H2. The number of rotatable bonds is 2. The van der Waals surface area contributed by atoms with Gasteiger partial charge in [0.25, 0.3) is 0 Å². The van der Waals surface area contributed by atoms with Crippen LogP contribution in [0.2, 0.25) is 0 Å². The summed E-state index contributed by atoms with van der Waals surface area (Å²) < 4.78 is 0.